The minimum absolute atomic E-state index is 0.0891. The van der Waals surface area contributed by atoms with Gasteiger partial charge >= 0.3 is 6.09 Å². The van der Waals surface area contributed by atoms with Gasteiger partial charge in [-0.15, -0.1) is 0 Å². The Morgan fingerprint density at radius 3 is 1.75 bits per heavy atom. The van der Waals surface area contributed by atoms with Crippen LogP contribution < -0.4 is 5.59 Å². The summed E-state index contributed by atoms with van der Waals surface area (Å²) < 4.78 is 0. The average Bonchev–Trinajstić information content (AvgIpc) is 2.57. The molecular weight excluding hydrogens is 308 g/mol. The van der Waals surface area contributed by atoms with Gasteiger partial charge in [0.05, 0.1) is 6.54 Å². The molecule has 0 aromatic heterocycles. The molecule has 1 aliphatic heterocycles. The fourth-order valence-corrected chi connectivity index (χ4v) is 1.34. The molecule has 1 aliphatic rings. The van der Waals surface area contributed by atoms with Crippen LogP contribution in [-0.4, -0.2) is 22.8 Å². The second-order valence-corrected chi connectivity index (χ2v) is 4.23. The number of nitrogens with one attached hydrogen (secondary N) is 1. The van der Waals surface area contributed by atoms with E-state index >= 15 is 0 Å². The smallest absolute Gasteiger partial charge is 0.424 e. The molecule has 126 valence electrons. The summed E-state index contributed by atoms with van der Waals surface area (Å²) in [5, 5.41) is 9.82. The fraction of sp³-hybridized carbons (Fsp3) is 0.0556. The number of rotatable bonds is 0. The van der Waals surface area contributed by atoms with Crippen LogP contribution >= 0.6 is 0 Å². The molecule has 2 N–H and O–H groups in total. The Balaban J connectivity index is 2.67. The van der Waals surface area contributed by atoms with Gasteiger partial charge in [-0.3, -0.25) is 0 Å². The van der Waals surface area contributed by atoms with Crippen molar-refractivity contribution >= 4 is 6.09 Å². The molecule has 6 heteroatoms. The van der Waals surface area contributed by atoms with E-state index in [-0.39, 0.29) is 6.54 Å². The topological polar surface area (TPSA) is 71.0 Å². The number of amides is 1. The van der Waals surface area contributed by atoms with E-state index in [4.69, 9.17) is 5.11 Å². The first-order chi connectivity index (χ1) is 11.8. The number of hydrazine groups is 1. The van der Waals surface area contributed by atoms with Gasteiger partial charge in [0.15, 0.2) is 0 Å². The summed E-state index contributed by atoms with van der Waals surface area (Å²) in [6.07, 6.45) is 27.4. The highest BCUT2D eigenvalue weighted by Crippen LogP contribution is 1.90. The number of allylic oxidation sites excluding steroid dienone is 14. The lowest BCUT2D eigenvalue weighted by Crippen LogP contribution is -2.41. The largest absolute Gasteiger partial charge is 0.464 e. The van der Waals surface area contributed by atoms with Crippen molar-refractivity contribution in [3.63, 3.8) is 0 Å². The molecule has 1 heterocycles. The van der Waals surface area contributed by atoms with Crippen LogP contribution in [0, 0.1) is 0 Å². The molecule has 0 spiro atoms. The maximum Gasteiger partial charge on any atom is 0.424 e. The number of hydrogen-bond acceptors (Lipinski definition) is 4. The molecule has 0 fully saturated rings. The molecular formula is C18H20N2O4. The van der Waals surface area contributed by atoms with Gasteiger partial charge in [-0.05, 0) is 6.08 Å². The summed E-state index contributed by atoms with van der Waals surface area (Å²) in [5.74, 6) is 0. The first-order valence-corrected chi connectivity index (χ1v) is 7.21. The molecule has 0 aliphatic carbocycles. The van der Waals surface area contributed by atoms with Gasteiger partial charge in [-0.25, -0.2) is 9.80 Å². The first kappa shape index (κ1) is 19.0. The highest BCUT2D eigenvalue weighted by atomic mass is 17.3. The van der Waals surface area contributed by atoms with Gasteiger partial charge in [-0.2, -0.15) is 0 Å². The molecule has 0 radical (unpaired) electrons. The third-order valence-electron chi connectivity index (χ3n) is 2.43. The number of carbonyl (C=O) groups is 1. The lowest BCUT2D eigenvalue weighted by Gasteiger charge is -2.15. The lowest BCUT2D eigenvalue weighted by atomic mass is 10.3. The third-order valence-corrected chi connectivity index (χ3v) is 2.43. The van der Waals surface area contributed by atoms with E-state index in [1.54, 1.807) is 30.4 Å². The maximum atomic E-state index is 11.0. The van der Waals surface area contributed by atoms with E-state index in [0.29, 0.717) is 0 Å². The zero-order valence-electron chi connectivity index (χ0n) is 13.1. The first-order valence-electron chi connectivity index (χ1n) is 7.21. The van der Waals surface area contributed by atoms with E-state index < -0.39 is 6.09 Å². The summed E-state index contributed by atoms with van der Waals surface area (Å²) in [7, 11) is 0. The van der Waals surface area contributed by atoms with Gasteiger partial charge in [0, 0.05) is 0 Å². The standard InChI is InChI=1S/C18H20N2O4/c21-18(22)20-16-14-12-10-8-6-4-2-1-3-5-7-9-11-13-15-17-23-24-19-20/h1-15,17,19H,16H2,(H,21,22)/b2-1+,5-3-,6-4+,9-7+,10-8+,13-11+,14-12+,17-15-. The van der Waals surface area contributed by atoms with Crippen LogP contribution in [0.5, 0.6) is 0 Å². The molecule has 0 unspecified atom stereocenters. The summed E-state index contributed by atoms with van der Waals surface area (Å²) in [6, 6.07) is 0. The molecule has 1 amide bonds. The molecule has 0 aromatic rings. The van der Waals surface area contributed by atoms with E-state index in [0.717, 1.165) is 5.01 Å². The average molecular weight is 328 g/mol. The number of hydrogen-bond donors (Lipinski definition) is 2. The Hall–Kier alpha value is -3.09. The van der Waals surface area contributed by atoms with Crippen LogP contribution in [0.1, 0.15) is 0 Å². The van der Waals surface area contributed by atoms with Crippen LogP contribution in [0.4, 0.5) is 4.79 Å². The molecule has 24 heavy (non-hydrogen) atoms. The molecule has 0 atom stereocenters. The second kappa shape index (κ2) is 13.6. The van der Waals surface area contributed by atoms with E-state index in [9.17, 15) is 4.79 Å². The maximum absolute atomic E-state index is 11.0. The minimum Gasteiger partial charge on any atom is -0.464 e. The Labute approximate surface area is 141 Å². The highest BCUT2D eigenvalue weighted by molar-refractivity contribution is 5.64. The molecule has 0 saturated heterocycles. The molecule has 0 saturated carbocycles. The van der Waals surface area contributed by atoms with Crippen LogP contribution in [-0.2, 0) is 9.88 Å². The van der Waals surface area contributed by atoms with Gasteiger partial charge in [0.25, 0.3) is 0 Å². The van der Waals surface area contributed by atoms with E-state index in [1.807, 2.05) is 60.8 Å². The molecule has 1 rings (SSSR count). The Bertz CT molecular complexity index is 596. The molecule has 0 aromatic carbocycles. The van der Waals surface area contributed by atoms with Crippen molar-refractivity contribution in [1.82, 2.24) is 10.6 Å². The van der Waals surface area contributed by atoms with Crippen LogP contribution in [0.3, 0.4) is 0 Å². The SMILES string of the molecule is O=C(O)N1C/C=C/C=C/C=C/C=C/C=C\C=C\C=C\C=C/OON1. The summed E-state index contributed by atoms with van der Waals surface area (Å²) in [6.45, 7) is 0.0891. The van der Waals surface area contributed by atoms with Crippen LogP contribution in [0.15, 0.2) is 97.4 Å². The Morgan fingerprint density at radius 1 is 0.792 bits per heavy atom. The summed E-state index contributed by atoms with van der Waals surface area (Å²) in [5.41, 5.74) is 2.16. The van der Waals surface area contributed by atoms with E-state index in [2.05, 4.69) is 15.5 Å². The third kappa shape index (κ3) is 10.6. The van der Waals surface area contributed by atoms with Gasteiger partial charge in [0.1, 0.15) is 6.26 Å². The van der Waals surface area contributed by atoms with Crippen LogP contribution in [0.25, 0.3) is 0 Å². The van der Waals surface area contributed by atoms with Gasteiger partial charge < -0.3 is 9.99 Å². The minimum atomic E-state index is -1.20. The fourth-order valence-electron chi connectivity index (χ4n) is 1.34. The van der Waals surface area contributed by atoms with E-state index in [1.165, 1.54) is 6.26 Å². The van der Waals surface area contributed by atoms with Gasteiger partial charge in [-0.1, -0.05) is 95.6 Å². The molecule has 0 bridgehead atoms. The number of carboxylic acid groups (broad SMARTS) is 1. The normalized spacial score (nSPS) is 27.4. The Morgan fingerprint density at radius 2 is 1.25 bits per heavy atom. The second-order valence-electron chi connectivity index (χ2n) is 4.23. The summed E-state index contributed by atoms with van der Waals surface area (Å²) >= 11 is 0. The lowest BCUT2D eigenvalue weighted by molar-refractivity contribution is -0.328. The highest BCUT2D eigenvalue weighted by Gasteiger charge is 2.09. The molecule has 6 nitrogen and oxygen atoms in total. The van der Waals surface area contributed by atoms with Crippen molar-refractivity contribution < 1.29 is 19.8 Å². The van der Waals surface area contributed by atoms with Crippen molar-refractivity contribution in [2.24, 2.45) is 0 Å². The predicted molar refractivity (Wildman–Crippen MR) is 93.2 cm³/mol. The quantitative estimate of drug-likeness (QED) is 0.663. The van der Waals surface area contributed by atoms with Crippen molar-refractivity contribution in [2.75, 3.05) is 6.54 Å². The van der Waals surface area contributed by atoms with Gasteiger partial charge in [0.2, 0.25) is 0 Å². The zero-order valence-corrected chi connectivity index (χ0v) is 13.1. The predicted octanol–water partition coefficient (Wildman–Crippen LogP) is 3.75. The van der Waals surface area contributed by atoms with Crippen molar-refractivity contribution in [3.05, 3.63) is 97.4 Å². The van der Waals surface area contributed by atoms with Crippen molar-refractivity contribution in [3.8, 4) is 0 Å². The Kier molecular flexibility index (Phi) is 10.7. The van der Waals surface area contributed by atoms with Crippen LogP contribution in [0.2, 0.25) is 0 Å². The number of nitrogens with zero attached hydrogens (tertiary/aromatic N) is 1. The summed E-state index contributed by atoms with van der Waals surface area (Å²) in [4.78, 5) is 20.2. The van der Waals surface area contributed by atoms with Crippen molar-refractivity contribution in [2.45, 2.75) is 0 Å². The van der Waals surface area contributed by atoms with Crippen molar-refractivity contribution in [1.29, 1.82) is 0 Å². The monoisotopic (exact) mass is 328 g/mol. The zero-order chi connectivity index (χ0) is 17.3.